The molecule has 0 aliphatic heterocycles. The molecule has 1 atom stereocenters. The van der Waals surface area contributed by atoms with E-state index in [1.54, 1.807) is 6.07 Å². The predicted molar refractivity (Wildman–Crippen MR) is 78.6 cm³/mol. The van der Waals surface area contributed by atoms with Crippen LogP contribution < -0.4 is 11.1 Å². The summed E-state index contributed by atoms with van der Waals surface area (Å²) < 4.78 is 0. The van der Waals surface area contributed by atoms with Crippen LogP contribution in [0.2, 0.25) is 5.02 Å². The highest BCUT2D eigenvalue weighted by molar-refractivity contribution is 6.31. The molecule has 0 spiro atoms. The minimum atomic E-state index is -0.426. The lowest BCUT2D eigenvalue weighted by molar-refractivity contribution is -0.384. The zero-order valence-electron chi connectivity index (χ0n) is 11.4. The standard InChI is InChI=1S/C13H20ClN3O2/c1-9(2)7-13(3,8-15)16-11-6-10(14)4-5-12(11)17(18)19/h4-6,9,16H,7-8,15H2,1-3H3. The van der Waals surface area contributed by atoms with Crippen LogP contribution in [0.25, 0.3) is 0 Å². The van der Waals surface area contributed by atoms with Gasteiger partial charge in [-0.25, -0.2) is 0 Å². The number of halogens is 1. The fraction of sp³-hybridized carbons (Fsp3) is 0.538. The molecule has 0 fully saturated rings. The molecule has 5 nitrogen and oxygen atoms in total. The van der Waals surface area contributed by atoms with Gasteiger partial charge in [0.15, 0.2) is 0 Å². The quantitative estimate of drug-likeness (QED) is 0.620. The topological polar surface area (TPSA) is 81.2 Å². The van der Waals surface area contributed by atoms with Gasteiger partial charge in [0, 0.05) is 23.2 Å². The number of hydrogen-bond acceptors (Lipinski definition) is 4. The number of benzene rings is 1. The van der Waals surface area contributed by atoms with Crippen LogP contribution in [0.3, 0.4) is 0 Å². The number of anilines is 1. The van der Waals surface area contributed by atoms with Crippen molar-refractivity contribution >= 4 is 23.0 Å². The molecule has 19 heavy (non-hydrogen) atoms. The van der Waals surface area contributed by atoms with Gasteiger partial charge in [0.1, 0.15) is 5.69 Å². The van der Waals surface area contributed by atoms with Crippen LogP contribution in [0.15, 0.2) is 18.2 Å². The lowest BCUT2D eigenvalue weighted by atomic mass is 9.90. The van der Waals surface area contributed by atoms with E-state index in [0.29, 0.717) is 23.2 Å². The summed E-state index contributed by atoms with van der Waals surface area (Å²) in [4.78, 5) is 10.6. The molecule has 0 radical (unpaired) electrons. The van der Waals surface area contributed by atoms with Gasteiger partial charge in [0.05, 0.1) is 4.92 Å². The van der Waals surface area contributed by atoms with Crippen LogP contribution in [0.5, 0.6) is 0 Å². The van der Waals surface area contributed by atoms with E-state index in [9.17, 15) is 10.1 Å². The third kappa shape index (κ3) is 4.36. The van der Waals surface area contributed by atoms with Crippen molar-refractivity contribution in [2.45, 2.75) is 32.7 Å². The Balaban J connectivity index is 3.08. The number of nitro benzene ring substituents is 1. The molecular formula is C13H20ClN3O2. The lowest BCUT2D eigenvalue weighted by Gasteiger charge is -2.32. The zero-order chi connectivity index (χ0) is 14.6. The maximum atomic E-state index is 11.0. The van der Waals surface area contributed by atoms with E-state index in [2.05, 4.69) is 19.2 Å². The third-order valence-electron chi connectivity index (χ3n) is 2.90. The van der Waals surface area contributed by atoms with Crippen molar-refractivity contribution in [3.63, 3.8) is 0 Å². The summed E-state index contributed by atoms with van der Waals surface area (Å²) in [5, 5.41) is 14.7. The van der Waals surface area contributed by atoms with Crippen LogP contribution in [0.1, 0.15) is 27.2 Å². The van der Waals surface area contributed by atoms with Crippen molar-refractivity contribution in [2.75, 3.05) is 11.9 Å². The summed E-state index contributed by atoms with van der Waals surface area (Å²) in [5.74, 6) is 0.430. The summed E-state index contributed by atoms with van der Waals surface area (Å²) in [6.07, 6.45) is 0.813. The molecule has 0 heterocycles. The molecular weight excluding hydrogens is 266 g/mol. The Labute approximate surface area is 118 Å². The van der Waals surface area contributed by atoms with Crippen LogP contribution in [-0.2, 0) is 0 Å². The van der Waals surface area contributed by atoms with Gasteiger partial charge in [-0.1, -0.05) is 25.4 Å². The Kier molecular flexibility index (Phi) is 5.14. The molecule has 0 aliphatic rings. The summed E-state index contributed by atoms with van der Waals surface area (Å²) >= 11 is 5.91. The van der Waals surface area contributed by atoms with Crippen molar-refractivity contribution < 1.29 is 4.92 Å². The number of nitro groups is 1. The molecule has 0 aliphatic carbocycles. The molecule has 0 amide bonds. The number of nitrogens with zero attached hydrogens (tertiary/aromatic N) is 1. The lowest BCUT2D eigenvalue weighted by Crippen LogP contribution is -2.43. The highest BCUT2D eigenvalue weighted by atomic mass is 35.5. The molecule has 1 aromatic carbocycles. The highest BCUT2D eigenvalue weighted by Crippen LogP contribution is 2.31. The fourth-order valence-electron chi connectivity index (χ4n) is 2.18. The van der Waals surface area contributed by atoms with Crippen LogP contribution in [0.4, 0.5) is 11.4 Å². The van der Waals surface area contributed by atoms with Gasteiger partial charge in [0.2, 0.25) is 0 Å². The van der Waals surface area contributed by atoms with E-state index in [0.717, 1.165) is 6.42 Å². The van der Waals surface area contributed by atoms with Crippen LogP contribution >= 0.6 is 11.6 Å². The number of nitrogens with one attached hydrogen (secondary N) is 1. The normalized spacial score (nSPS) is 14.2. The molecule has 106 valence electrons. The van der Waals surface area contributed by atoms with Crippen molar-refractivity contribution in [2.24, 2.45) is 11.7 Å². The van der Waals surface area contributed by atoms with Crippen molar-refractivity contribution in [1.82, 2.24) is 0 Å². The predicted octanol–water partition coefficient (Wildman–Crippen LogP) is 3.42. The molecule has 1 rings (SSSR count). The number of rotatable bonds is 6. The van der Waals surface area contributed by atoms with E-state index in [1.165, 1.54) is 12.1 Å². The molecule has 0 aromatic heterocycles. The third-order valence-corrected chi connectivity index (χ3v) is 3.14. The van der Waals surface area contributed by atoms with Gasteiger partial charge in [0.25, 0.3) is 5.69 Å². The first kappa shape index (κ1) is 15.7. The van der Waals surface area contributed by atoms with Gasteiger partial charge in [-0.05, 0) is 31.4 Å². The molecule has 0 saturated heterocycles. The Morgan fingerprint density at radius 3 is 2.63 bits per heavy atom. The van der Waals surface area contributed by atoms with Gasteiger partial charge in [-0.15, -0.1) is 0 Å². The summed E-state index contributed by atoms with van der Waals surface area (Å²) in [7, 11) is 0. The van der Waals surface area contributed by atoms with Crippen LogP contribution in [-0.4, -0.2) is 17.0 Å². The van der Waals surface area contributed by atoms with Crippen molar-refractivity contribution in [3.8, 4) is 0 Å². The second-order valence-electron chi connectivity index (χ2n) is 5.41. The zero-order valence-corrected chi connectivity index (χ0v) is 12.2. The fourth-order valence-corrected chi connectivity index (χ4v) is 2.35. The average molecular weight is 286 g/mol. The van der Waals surface area contributed by atoms with E-state index in [4.69, 9.17) is 17.3 Å². The van der Waals surface area contributed by atoms with E-state index in [1.807, 2.05) is 6.92 Å². The molecule has 1 unspecified atom stereocenters. The SMILES string of the molecule is CC(C)CC(C)(CN)Nc1cc(Cl)ccc1[N+](=O)[O-]. The second kappa shape index (κ2) is 6.21. The van der Waals surface area contributed by atoms with Crippen molar-refractivity contribution in [3.05, 3.63) is 33.3 Å². The van der Waals surface area contributed by atoms with Gasteiger partial charge >= 0.3 is 0 Å². The summed E-state index contributed by atoms with van der Waals surface area (Å²) in [5.41, 5.74) is 5.82. The molecule has 3 N–H and O–H groups in total. The summed E-state index contributed by atoms with van der Waals surface area (Å²) in [6.45, 7) is 6.51. The number of hydrogen-bond donors (Lipinski definition) is 2. The largest absolute Gasteiger partial charge is 0.373 e. The minimum absolute atomic E-state index is 0.00725. The Bertz CT molecular complexity index is 465. The van der Waals surface area contributed by atoms with E-state index >= 15 is 0 Å². The van der Waals surface area contributed by atoms with Crippen LogP contribution in [0, 0.1) is 16.0 Å². The second-order valence-corrected chi connectivity index (χ2v) is 5.84. The van der Waals surface area contributed by atoms with Gasteiger partial charge in [-0.3, -0.25) is 10.1 Å². The first-order valence-electron chi connectivity index (χ1n) is 6.19. The average Bonchev–Trinajstić information content (AvgIpc) is 2.27. The molecule has 0 bridgehead atoms. The van der Waals surface area contributed by atoms with Gasteiger partial charge in [-0.2, -0.15) is 0 Å². The van der Waals surface area contributed by atoms with E-state index < -0.39 is 10.5 Å². The van der Waals surface area contributed by atoms with Gasteiger partial charge < -0.3 is 11.1 Å². The molecule has 6 heteroatoms. The maximum absolute atomic E-state index is 11.0. The summed E-state index contributed by atoms with van der Waals surface area (Å²) in [6, 6.07) is 4.47. The van der Waals surface area contributed by atoms with E-state index in [-0.39, 0.29) is 5.69 Å². The maximum Gasteiger partial charge on any atom is 0.292 e. The van der Waals surface area contributed by atoms with Crippen molar-refractivity contribution in [1.29, 1.82) is 0 Å². The smallest absolute Gasteiger partial charge is 0.292 e. The Morgan fingerprint density at radius 2 is 2.16 bits per heavy atom. The molecule has 1 aromatic rings. The highest BCUT2D eigenvalue weighted by Gasteiger charge is 2.26. The first-order chi connectivity index (χ1) is 8.77. The first-order valence-corrected chi connectivity index (χ1v) is 6.57. The Hall–Kier alpha value is -1.33. The monoisotopic (exact) mass is 285 g/mol. The minimum Gasteiger partial charge on any atom is -0.373 e. The number of nitrogens with two attached hydrogens (primary N) is 1. The molecule has 0 saturated carbocycles. The Morgan fingerprint density at radius 1 is 1.53 bits per heavy atom.